The molecular weight excluding hydrogens is 404 g/mol. The first-order valence-corrected chi connectivity index (χ1v) is 9.55. The molecule has 0 saturated carbocycles. The maximum Gasteiger partial charge on any atom is 0.250 e. The third kappa shape index (κ3) is 4.05. The molecule has 3 rings (SSSR count). The Kier molecular flexibility index (Phi) is 6.05. The van der Waals surface area contributed by atoms with Crippen molar-refractivity contribution in [2.75, 3.05) is 5.32 Å². The van der Waals surface area contributed by atoms with E-state index in [9.17, 15) is 9.18 Å². The number of nitrogens with zero attached hydrogens (tertiary/aromatic N) is 4. The number of hydrogen-bond acceptors (Lipinski definition) is 3. The van der Waals surface area contributed by atoms with Crippen LogP contribution in [0.15, 0.2) is 30.5 Å². The van der Waals surface area contributed by atoms with Gasteiger partial charge in [0.15, 0.2) is 5.82 Å². The van der Waals surface area contributed by atoms with Crippen molar-refractivity contribution < 1.29 is 9.18 Å². The highest BCUT2D eigenvalue weighted by molar-refractivity contribution is 6.33. The molecule has 2 heterocycles. The van der Waals surface area contributed by atoms with Crippen molar-refractivity contribution in [3.05, 3.63) is 63.3 Å². The number of rotatable bonds is 6. The molecule has 0 aliphatic carbocycles. The number of aromatic nitrogens is 4. The maximum absolute atomic E-state index is 13.8. The minimum atomic E-state index is -0.556. The summed E-state index contributed by atoms with van der Waals surface area (Å²) >= 11 is 12.4. The van der Waals surface area contributed by atoms with Crippen molar-refractivity contribution in [2.45, 2.75) is 39.8 Å². The number of nitrogens with one attached hydrogen (secondary N) is 1. The fourth-order valence-corrected chi connectivity index (χ4v) is 3.30. The van der Waals surface area contributed by atoms with E-state index in [0.29, 0.717) is 22.7 Å². The van der Waals surface area contributed by atoms with Crippen molar-refractivity contribution in [1.29, 1.82) is 0 Å². The Morgan fingerprint density at radius 3 is 2.57 bits per heavy atom. The maximum atomic E-state index is 13.8. The fraction of sp³-hybridized carbons (Fsp3) is 0.316. The highest BCUT2D eigenvalue weighted by Gasteiger charge is 2.25. The van der Waals surface area contributed by atoms with Gasteiger partial charge in [0.1, 0.15) is 16.9 Å². The molecule has 1 N–H and O–H groups in total. The van der Waals surface area contributed by atoms with Crippen molar-refractivity contribution in [3.63, 3.8) is 0 Å². The Morgan fingerprint density at radius 2 is 1.96 bits per heavy atom. The quantitative estimate of drug-likeness (QED) is 0.620. The highest BCUT2D eigenvalue weighted by atomic mass is 35.5. The highest BCUT2D eigenvalue weighted by Crippen LogP contribution is 2.26. The van der Waals surface area contributed by atoms with Crippen LogP contribution < -0.4 is 5.32 Å². The Balaban J connectivity index is 1.79. The zero-order valence-electron chi connectivity index (χ0n) is 15.7. The summed E-state index contributed by atoms with van der Waals surface area (Å²) in [6.07, 6.45) is 2.06. The van der Waals surface area contributed by atoms with Crippen LogP contribution in [0.4, 0.5) is 10.2 Å². The van der Waals surface area contributed by atoms with E-state index >= 15 is 0 Å². The summed E-state index contributed by atoms with van der Waals surface area (Å²) in [5.74, 6) is -0.413. The van der Waals surface area contributed by atoms with Crippen LogP contribution in [0, 0.1) is 19.7 Å². The zero-order valence-corrected chi connectivity index (χ0v) is 17.2. The lowest BCUT2D eigenvalue weighted by Crippen LogP contribution is -2.27. The summed E-state index contributed by atoms with van der Waals surface area (Å²) in [7, 11) is 0. The molecule has 0 aliphatic heterocycles. The van der Waals surface area contributed by atoms with E-state index in [2.05, 4.69) is 15.5 Å². The largest absolute Gasteiger partial charge is 0.306 e. The molecule has 3 aromatic rings. The third-order valence-electron chi connectivity index (χ3n) is 4.47. The lowest BCUT2D eigenvalue weighted by atomic mass is 10.2. The van der Waals surface area contributed by atoms with Gasteiger partial charge >= 0.3 is 0 Å². The normalized spacial score (nSPS) is 12.2. The Hall–Kier alpha value is -2.38. The molecule has 28 heavy (non-hydrogen) atoms. The van der Waals surface area contributed by atoms with Gasteiger partial charge in [0, 0.05) is 11.8 Å². The van der Waals surface area contributed by atoms with E-state index in [1.54, 1.807) is 36.0 Å². The van der Waals surface area contributed by atoms with Gasteiger partial charge in [-0.05, 0) is 26.3 Å². The average molecular weight is 424 g/mol. The molecule has 0 aliphatic rings. The molecule has 0 bridgehead atoms. The standard InChI is InChI=1S/C19H20Cl2FN5O/c1-4-16(27-12(3)17(21)11(2)24-27)19(28)23-18-14(20)10-26(25-18)9-13-7-5-6-8-15(13)22/h5-8,10,16H,4,9H2,1-3H3,(H,23,25,28). The van der Waals surface area contributed by atoms with Gasteiger partial charge in [0.2, 0.25) is 5.91 Å². The zero-order chi connectivity index (χ0) is 20.4. The molecule has 2 aromatic heterocycles. The number of hydrogen-bond donors (Lipinski definition) is 1. The second kappa shape index (κ2) is 8.32. The van der Waals surface area contributed by atoms with E-state index < -0.39 is 6.04 Å². The Labute approximate surface area is 172 Å². The lowest BCUT2D eigenvalue weighted by Gasteiger charge is -2.16. The van der Waals surface area contributed by atoms with Gasteiger partial charge in [0.05, 0.1) is 23.0 Å². The number of carbonyl (C=O) groups excluding carboxylic acids is 1. The van der Waals surface area contributed by atoms with Crippen LogP contribution in [0.5, 0.6) is 0 Å². The number of benzene rings is 1. The van der Waals surface area contributed by atoms with Gasteiger partial charge in [0.25, 0.3) is 0 Å². The number of amides is 1. The summed E-state index contributed by atoms with van der Waals surface area (Å²) < 4.78 is 16.9. The number of carbonyl (C=O) groups is 1. The van der Waals surface area contributed by atoms with Gasteiger partial charge < -0.3 is 5.32 Å². The van der Waals surface area contributed by atoms with Crippen LogP contribution in [0.2, 0.25) is 10.0 Å². The third-order valence-corrected chi connectivity index (χ3v) is 5.29. The molecule has 0 radical (unpaired) electrons. The number of anilines is 1. The second-order valence-electron chi connectivity index (χ2n) is 6.46. The number of aryl methyl sites for hydroxylation is 1. The predicted octanol–water partition coefficient (Wildman–Crippen LogP) is 4.78. The van der Waals surface area contributed by atoms with E-state index in [1.165, 1.54) is 10.7 Å². The molecule has 0 fully saturated rings. The van der Waals surface area contributed by atoms with Crippen LogP contribution >= 0.6 is 23.2 Å². The van der Waals surface area contributed by atoms with Crippen molar-refractivity contribution >= 4 is 34.9 Å². The van der Waals surface area contributed by atoms with E-state index in [1.807, 2.05) is 13.8 Å². The topological polar surface area (TPSA) is 64.7 Å². The molecule has 0 saturated heterocycles. The first-order chi connectivity index (χ1) is 13.3. The summed E-state index contributed by atoms with van der Waals surface area (Å²) in [4.78, 5) is 12.8. The molecule has 1 unspecified atom stereocenters. The van der Waals surface area contributed by atoms with Crippen molar-refractivity contribution in [2.24, 2.45) is 0 Å². The van der Waals surface area contributed by atoms with Gasteiger partial charge in [-0.1, -0.05) is 48.3 Å². The SMILES string of the molecule is CCC(C(=O)Nc1nn(Cc2ccccc2F)cc1Cl)n1nc(C)c(Cl)c1C. The minimum Gasteiger partial charge on any atom is -0.306 e. The lowest BCUT2D eigenvalue weighted by molar-refractivity contribution is -0.119. The van der Waals surface area contributed by atoms with Gasteiger partial charge in [-0.3, -0.25) is 14.2 Å². The minimum absolute atomic E-state index is 0.201. The van der Waals surface area contributed by atoms with Gasteiger partial charge in [-0.15, -0.1) is 0 Å². The fourth-order valence-electron chi connectivity index (χ4n) is 2.98. The van der Waals surface area contributed by atoms with E-state index in [-0.39, 0.29) is 29.1 Å². The van der Waals surface area contributed by atoms with Crippen molar-refractivity contribution in [1.82, 2.24) is 19.6 Å². The van der Waals surface area contributed by atoms with E-state index in [0.717, 1.165) is 5.69 Å². The van der Waals surface area contributed by atoms with Crippen LogP contribution in [0.3, 0.4) is 0 Å². The van der Waals surface area contributed by atoms with E-state index in [4.69, 9.17) is 23.2 Å². The summed E-state index contributed by atoms with van der Waals surface area (Å²) in [6, 6.07) is 5.87. The molecule has 1 amide bonds. The van der Waals surface area contributed by atoms with Gasteiger partial charge in [-0.25, -0.2) is 4.39 Å². The molecule has 148 valence electrons. The number of halogens is 3. The second-order valence-corrected chi connectivity index (χ2v) is 7.24. The van der Waals surface area contributed by atoms with Crippen LogP contribution in [0.25, 0.3) is 0 Å². The van der Waals surface area contributed by atoms with Crippen LogP contribution in [-0.4, -0.2) is 25.5 Å². The summed E-state index contributed by atoms with van der Waals surface area (Å²) in [5.41, 5.74) is 1.86. The Morgan fingerprint density at radius 1 is 1.25 bits per heavy atom. The first kappa shape index (κ1) is 20.4. The predicted molar refractivity (Wildman–Crippen MR) is 107 cm³/mol. The van der Waals surface area contributed by atoms with Gasteiger partial charge in [-0.2, -0.15) is 10.2 Å². The molecule has 1 aromatic carbocycles. The Bertz CT molecular complexity index is 1010. The average Bonchev–Trinajstić information content (AvgIpc) is 3.12. The van der Waals surface area contributed by atoms with Crippen LogP contribution in [-0.2, 0) is 11.3 Å². The van der Waals surface area contributed by atoms with Crippen molar-refractivity contribution in [3.8, 4) is 0 Å². The first-order valence-electron chi connectivity index (χ1n) is 8.80. The molecule has 6 nitrogen and oxygen atoms in total. The van der Waals surface area contributed by atoms with Crippen LogP contribution in [0.1, 0.15) is 36.3 Å². The molecule has 0 spiro atoms. The smallest absolute Gasteiger partial charge is 0.250 e. The molecular formula is C19H20Cl2FN5O. The molecule has 9 heteroatoms. The summed E-state index contributed by atoms with van der Waals surface area (Å²) in [5, 5.41) is 12.2. The monoisotopic (exact) mass is 423 g/mol. The summed E-state index contributed by atoms with van der Waals surface area (Å²) in [6.45, 7) is 5.69. The molecule has 1 atom stereocenters.